The molecule has 3 rings (SSSR count). The highest BCUT2D eigenvalue weighted by Crippen LogP contribution is 2.41. The zero-order chi connectivity index (χ0) is 13.8. The summed E-state index contributed by atoms with van der Waals surface area (Å²) in [7, 11) is 0. The maximum Gasteiger partial charge on any atom is 0.340 e. The summed E-state index contributed by atoms with van der Waals surface area (Å²) in [5.41, 5.74) is -0.855. The number of carbonyl (C=O) groups is 2. The summed E-state index contributed by atoms with van der Waals surface area (Å²) in [6, 6.07) is 5.09. The highest BCUT2D eigenvalue weighted by molar-refractivity contribution is 6.11. The van der Waals surface area contributed by atoms with Crippen LogP contribution in [0.5, 0.6) is 0 Å². The van der Waals surface area contributed by atoms with E-state index in [9.17, 15) is 14.7 Å². The number of Topliss-reactive ketones (excluding diaryl/α,β-unsaturated/α-hetero) is 1. The number of hydrogen-bond donors (Lipinski definition) is 2. The Balaban J connectivity index is 2.16. The Morgan fingerprint density at radius 2 is 2.11 bits per heavy atom. The van der Waals surface area contributed by atoms with Crippen LogP contribution in [0.25, 0.3) is 0 Å². The first kappa shape index (κ1) is 12.3. The molecular weight excluding hydrogens is 246 g/mol. The van der Waals surface area contributed by atoms with Crippen LogP contribution in [0.1, 0.15) is 40.1 Å². The van der Waals surface area contributed by atoms with Crippen molar-refractivity contribution in [3.8, 4) is 0 Å². The molecule has 1 spiro atoms. The maximum atomic E-state index is 12.2. The molecule has 1 aromatic rings. The summed E-state index contributed by atoms with van der Waals surface area (Å²) >= 11 is 0. The first-order valence-electron chi connectivity index (χ1n) is 6.20. The van der Waals surface area contributed by atoms with E-state index in [2.05, 4.69) is 5.32 Å². The number of rotatable bonds is 2. The van der Waals surface area contributed by atoms with Crippen LogP contribution in [0.2, 0.25) is 0 Å². The van der Waals surface area contributed by atoms with E-state index in [0.717, 1.165) is 5.56 Å². The lowest BCUT2D eigenvalue weighted by Crippen LogP contribution is -2.56. The van der Waals surface area contributed by atoms with E-state index in [1.165, 1.54) is 13.8 Å². The Kier molecular flexibility index (Phi) is 2.37. The molecule has 2 aliphatic rings. The quantitative estimate of drug-likeness (QED) is 0.602. The van der Waals surface area contributed by atoms with Crippen LogP contribution in [0.4, 0.5) is 0 Å². The van der Waals surface area contributed by atoms with Gasteiger partial charge in [0, 0.05) is 24.2 Å². The smallest absolute Gasteiger partial charge is 0.340 e. The molecule has 100 valence electrons. The topological polar surface area (TPSA) is 75.6 Å². The van der Waals surface area contributed by atoms with Gasteiger partial charge in [-0.25, -0.2) is 4.79 Å². The van der Waals surface area contributed by atoms with E-state index in [1.54, 1.807) is 12.1 Å². The van der Waals surface area contributed by atoms with Gasteiger partial charge >= 0.3 is 5.97 Å². The summed E-state index contributed by atoms with van der Waals surface area (Å²) in [5, 5.41) is 12.9. The molecule has 5 nitrogen and oxygen atoms in total. The molecule has 0 bridgehead atoms. The fourth-order valence-electron chi connectivity index (χ4n) is 2.57. The van der Waals surface area contributed by atoms with Crippen molar-refractivity contribution in [3.05, 3.63) is 34.9 Å². The molecule has 2 aliphatic heterocycles. The van der Waals surface area contributed by atoms with Gasteiger partial charge in [0.15, 0.2) is 11.4 Å². The number of fused-ring (bicyclic) bond motifs is 2. The molecule has 0 amide bonds. The highest BCUT2D eigenvalue weighted by atomic mass is 16.6. The molecule has 0 saturated carbocycles. The third-order valence-corrected chi connectivity index (χ3v) is 3.67. The van der Waals surface area contributed by atoms with Gasteiger partial charge in [0.25, 0.3) is 0 Å². The fraction of sp³-hybridized carbons (Fsp3) is 0.429. The summed E-state index contributed by atoms with van der Waals surface area (Å²) < 4.78 is 5.42. The van der Waals surface area contributed by atoms with Crippen LogP contribution in [-0.2, 0) is 10.3 Å². The predicted molar refractivity (Wildman–Crippen MR) is 67.0 cm³/mol. The van der Waals surface area contributed by atoms with Gasteiger partial charge in [-0.3, -0.25) is 4.79 Å². The number of ether oxygens (including phenoxy) is 1. The monoisotopic (exact) mass is 261 g/mol. The van der Waals surface area contributed by atoms with Crippen LogP contribution in [-0.4, -0.2) is 35.5 Å². The van der Waals surface area contributed by atoms with E-state index < -0.39 is 23.0 Å². The minimum Gasteiger partial charge on any atom is -0.448 e. The van der Waals surface area contributed by atoms with Gasteiger partial charge in [0.05, 0.1) is 5.56 Å². The van der Waals surface area contributed by atoms with Crippen LogP contribution < -0.4 is 5.32 Å². The average molecular weight is 261 g/mol. The van der Waals surface area contributed by atoms with E-state index in [1.807, 2.05) is 6.07 Å². The number of carbonyl (C=O) groups excluding carboxylic acids is 2. The Bertz CT molecular complexity index is 582. The normalized spacial score (nSPS) is 19.8. The van der Waals surface area contributed by atoms with Gasteiger partial charge in [-0.15, -0.1) is 0 Å². The molecule has 0 unspecified atom stereocenters. The molecule has 1 aromatic carbocycles. The van der Waals surface area contributed by atoms with Gasteiger partial charge in [-0.05, 0) is 13.8 Å². The van der Waals surface area contributed by atoms with Crippen molar-refractivity contribution in [3.63, 3.8) is 0 Å². The molecular formula is C14H15NO4. The molecule has 0 atom stereocenters. The number of benzene rings is 1. The van der Waals surface area contributed by atoms with Crippen LogP contribution in [0, 0.1) is 0 Å². The van der Waals surface area contributed by atoms with Crippen molar-refractivity contribution in [1.82, 2.24) is 5.32 Å². The van der Waals surface area contributed by atoms with Crippen LogP contribution in [0.15, 0.2) is 18.2 Å². The molecule has 2 N–H and O–H groups in total. The molecule has 2 heterocycles. The minimum absolute atomic E-state index is 0.235. The van der Waals surface area contributed by atoms with E-state index in [4.69, 9.17) is 4.74 Å². The Morgan fingerprint density at radius 1 is 1.42 bits per heavy atom. The fourth-order valence-corrected chi connectivity index (χ4v) is 2.57. The number of aliphatic hydroxyl groups is 1. The molecule has 19 heavy (non-hydrogen) atoms. The summed E-state index contributed by atoms with van der Waals surface area (Å²) in [4.78, 5) is 24.3. The summed E-state index contributed by atoms with van der Waals surface area (Å²) in [6.07, 6.45) is 0. The second-order valence-corrected chi connectivity index (χ2v) is 5.60. The molecule has 0 aliphatic carbocycles. The van der Waals surface area contributed by atoms with Gasteiger partial charge < -0.3 is 15.2 Å². The number of ketones is 1. The third kappa shape index (κ3) is 1.62. The molecule has 1 saturated heterocycles. The molecule has 0 aromatic heterocycles. The number of esters is 1. The van der Waals surface area contributed by atoms with E-state index >= 15 is 0 Å². The lowest BCUT2D eigenvalue weighted by Gasteiger charge is -2.38. The number of hydrogen-bond acceptors (Lipinski definition) is 5. The lowest BCUT2D eigenvalue weighted by atomic mass is 9.83. The van der Waals surface area contributed by atoms with Crippen molar-refractivity contribution in [1.29, 1.82) is 0 Å². The average Bonchev–Trinajstić information content (AvgIpc) is 2.61. The van der Waals surface area contributed by atoms with Crippen molar-refractivity contribution in [2.24, 2.45) is 0 Å². The highest BCUT2D eigenvalue weighted by Gasteiger charge is 2.51. The minimum atomic E-state index is -1.51. The first-order valence-corrected chi connectivity index (χ1v) is 6.20. The zero-order valence-corrected chi connectivity index (χ0v) is 10.8. The van der Waals surface area contributed by atoms with Crippen molar-refractivity contribution >= 4 is 11.8 Å². The van der Waals surface area contributed by atoms with Crippen molar-refractivity contribution in [2.75, 3.05) is 13.1 Å². The summed E-state index contributed by atoms with van der Waals surface area (Å²) in [6.45, 7) is 3.95. The first-order chi connectivity index (χ1) is 8.85. The Labute approximate surface area is 110 Å². The van der Waals surface area contributed by atoms with E-state index in [0.29, 0.717) is 18.7 Å². The summed E-state index contributed by atoms with van der Waals surface area (Å²) in [5.74, 6) is -0.949. The van der Waals surface area contributed by atoms with E-state index in [-0.39, 0.29) is 5.56 Å². The molecule has 5 heteroatoms. The van der Waals surface area contributed by atoms with Crippen molar-refractivity contribution in [2.45, 2.75) is 25.0 Å². The second kappa shape index (κ2) is 3.65. The van der Waals surface area contributed by atoms with Crippen LogP contribution in [0.3, 0.4) is 0 Å². The number of nitrogens with one attached hydrogen (secondary N) is 1. The Hall–Kier alpha value is -1.72. The SMILES string of the molecule is CC(C)(O)C(=O)c1cccc2c1C(=O)OC21CNC1. The molecule has 1 fully saturated rings. The predicted octanol–water partition coefficient (Wildman–Crippen LogP) is 0.609. The van der Waals surface area contributed by atoms with Gasteiger partial charge in [-0.2, -0.15) is 0 Å². The standard InChI is InChI=1S/C14H15NO4/c1-13(2,18)11(16)8-4-3-5-9-10(8)12(17)19-14(9)6-15-7-14/h3-5,15,18H,6-7H2,1-2H3. The van der Waals surface area contributed by atoms with Crippen LogP contribution >= 0.6 is 0 Å². The Morgan fingerprint density at radius 3 is 2.63 bits per heavy atom. The zero-order valence-electron chi connectivity index (χ0n) is 10.8. The molecule has 0 radical (unpaired) electrons. The third-order valence-electron chi connectivity index (χ3n) is 3.67. The largest absolute Gasteiger partial charge is 0.448 e. The van der Waals surface area contributed by atoms with Gasteiger partial charge in [-0.1, -0.05) is 18.2 Å². The van der Waals surface area contributed by atoms with Gasteiger partial charge in [0.1, 0.15) is 5.60 Å². The van der Waals surface area contributed by atoms with Gasteiger partial charge in [0.2, 0.25) is 0 Å². The lowest BCUT2D eigenvalue weighted by molar-refractivity contribution is -0.0369. The maximum absolute atomic E-state index is 12.2. The second-order valence-electron chi connectivity index (χ2n) is 5.60. The van der Waals surface area contributed by atoms with Crippen molar-refractivity contribution < 1.29 is 19.4 Å².